The number of anilines is 1. The first-order chi connectivity index (χ1) is 11.1. The molecule has 1 unspecified atom stereocenters. The number of carboxylic acid groups (broad SMARTS) is 1. The molecule has 2 aromatic carbocycles. The SMILES string of the molecule is O=C(O)N1C2=Cc3[nH]c4ccccc4c3C2(O)c2ccccc21. The van der Waals surface area contributed by atoms with E-state index >= 15 is 0 Å². The highest BCUT2D eigenvalue weighted by atomic mass is 16.4. The van der Waals surface area contributed by atoms with Crippen LogP contribution in [0.4, 0.5) is 10.5 Å². The molecule has 5 rings (SSSR count). The number of para-hydroxylation sites is 2. The van der Waals surface area contributed by atoms with Crippen molar-refractivity contribution in [1.82, 2.24) is 4.98 Å². The van der Waals surface area contributed by atoms with Crippen molar-refractivity contribution in [3.05, 3.63) is 71.0 Å². The third-order valence-electron chi connectivity index (χ3n) is 4.72. The van der Waals surface area contributed by atoms with E-state index < -0.39 is 11.7 Å². The van der Waals surface area contributed by atoms with Gasteiger partial charge in [-0.1, -0.05) is 36.4 Å². The topological polar surface area (TPSA) is 76.6 Å². The fraction of sp³-hybridized carbons (Fsp3) is 0.0556. The molecule has 3 aromatic rings. The van der Waals surface area contributed by atoms with Gasteiger partial charge < -0.3 is 15.2 Å². The van der Waals surface area contributed by atoms with Crippen molar-refractivity contribution in [2.45, 2.75) is 5.60 Å². The molecule has 1 aliphatic carbocycles. The summed E-state index contributed by atoms with van der Waals surface area (Å²) >= 11 is 0. The molecular weight excluding hydrogens is 292 g/mol. The summed E-state index contributed by atoms with van der Waals surface area (Å²) < 4.78 is 0. The highest BCUT2D eigenvalue weighted by Crippen LogP contribution is 2.56. The Morgan fingerprint density at radius 1 is 1.09 bits per heavy atom. The molecule has 5 heteroatoms. The summed E-state index contributed by atoms with van der Waals surface area (Å²) in [4.78, 5) is 16.2. The lowest BCUT2D eigenvalue weighted by Gasteiger charge is -2.23. The predicted octanol–water partition coefficient (Wildman–Crippen LogP) is 3.26. The number of H-pyrrole nitrogens is 1. The van der Waals surface area contributed by atoms with E-state index in [9.17, 15) is 15.0 Å². The number of carbonyl (C=O) groups is 1. The fourth-order valence-electron chi connectivity index (χ4n) is 3.84. The predicted molar refractivity (Wildman–Crippen MR) is 86.2 cm³/mol. The van der Waals surface area contributed by atoms with Gasteiger partial charge in [0.15, 0.2) is 5.60 Å². The molecule has 2 aliphatic rings. The summed E-state index contributed by atoms with van der Waals surface area (Å²) in [7, 11) is 0. The maximum atomic E-state index is 11.7. The number of nitrogens with one attached hydrogen (secondary N) is 1. The Kier molecular flexibility index (Phi) is 2.08. The maximum absolute atomic E-state index is 11.7. The van der Waals surface area contributed by atoms with E-state index in [-0.39, 0.29) is 0 Å². The maximum Gasteiger partial charge on any atom is 0.416 e. The highest BCUT2D eigenvalue weighted by molar-refractivity contribution is 6.03. The van der Waals surface area contributed by atoms with E-state index in [0.717, 1.165) is 27.1 Å². The molecule has 0 bridgehead atoms. The summed E-state index contributed by atoms with van der Waals surface area (Å²) in [5.41, 5.74) is 2.42. The average molecular weight is 304 g/mol. The lowest BCUT2D eigenvalue weighted by molar-refractivity contribution is 0.130. The molecule has 2 heterocycles. The molecule has 23 heavy (non-hydrogen) atoms. The van der Waals surface area contributed by atoms with E-state index in [1.54, 1.807) is 24.3 Å². The molecule has 0 saturated heterocycles. The molecule has 0 spiro atoms. The van der Waals surface area contributed by atoms with Crippen LogP contribution in [0.25, 0.3) is 17.0 Å². The van der Waals surface area contributed by atoms with Crippen LogP contribution in [0.1, 0.15) is 16.8 Å². The van der Waals surface area contributed by atoms with Gasteiger partial charge in [0.2, 0.25) is 0 Å². The number of aromatic amines is 1. The minimum atomic E-state index is -1.44. The minimum Gasteiger partial charge on any atom is -0.464 e. The van der Waals surface area contributed by atoms with Crippen molar-refractivity contribution in [2.75, 3.05) is 4.90 Å². The zero-order chi connectivity index (χ0) is 15.8. The number of aromatic nitrogens is 1. The van der Waals surface area contributed by atoms with Crippen LogP contribution in [0.15, 0.2) is 54.2 Å². The molecule has 112 valence electrons. The second kappa shape index (κ2) is 3.83. The third kappa shape index (κ3) is 1.29. The van der Waals surface area contributed by atoms with Gasteiger partial charge in [-0.3, -0.25) is 0 Å². The van der Waals surface area contributed by atoms with Gasteiger partial charge in [0.25, 0.3) is 0 Å². The van der Waals surface area contributed by atoms with E-state index in [2.05, 4.69) is 4.98 Å². The minimum absolute atomic E-state index is 0.359. The van der Waals surface area contributed by atoms with Gasteiger partial charge >= 0.3 is 6.09 Å². The highest BCUT2D eigenvalue weighted by Gasteiger charge is 2.54. The standard InChI is InChI=1S/C18H12N2O3/c21-17(22)20-14-8-4-2-6-11(14)18(23)15(20)9-13-16(18)10-5-1-3-7-12(10)19-13/h1-9,19,23H,(H,21,22). The van der Waals surface area contributed by atoms with Crippen LogP contribution in [0.2, 0.25) is 0 Å². The Bertz CT molecular complexity index is 1030. The van der Waals surface area contributed by atoms with Crippen LogP contribution in [-0.4, -0.2) is 21.3 Å². The Labute approximate surface area is 131 Å². The summed E-state index contributed by atoms with van der Waals surface area (Å²) in [6.45, 7) is 0. The number of aliphatic hydroxyl groups is 1. The van der Waals surface area contributed by atoms with Crippen molar-refractivity contribution < 1.29 is 15.0 Å². The zero-order valence-corrected chi connectivity index (χ0v) is 11.9. The van der Waals surface area contributed by atoms with Crippen LogP contribution >= 0.6 is 0 Å². The van der Waals surface area contributed by atoms with E-state index in [1.165, 1.54) is 0 Å². The van der Waals surface area contributed by atoms with Crippen LogP contribution in [0.3, 0.4) is 0 Å². The third-order valence-corrected chi connectivity index (χ3v) is 4.72. The quantitative estimate of drug-likeness (QED) is 0.596. The molecule has 1 aromatic heterocycles. The number of hydrogen-bond donors (Lipinski definition) is 3. The first-order valence-electron chi connectivity index (χ1n) is 7.30. The van der Waals surface area contributed by atoms with Crippen molar-refractivity contribution in [2.24, 2.45) is 0 Å². The Morgan fingerprint density at radius 3 is 2.65 bits per heavy atom. The van der Waals surface area contributed by atoms with Gasteiger partial charge in [-0.15, -0.1) is 0 Å². The second-order valence-electron chi connectivity index (χ2n) is 5.83. The van der Waals surface area contributed by atoms with Gasteiger partial charge in [-0.2, -0.15) is 0 Å². The smallest absolute Gasteiger partial charge is 0.416 e. The molecule has 5 nitrogen and oxygen atoms in total. The number of hydrogen-bond acceptors (Lipinski definition) is 2. The number of nitrogens with zero attached hydrogens (tertiary/aromatic N) is 1. The van der Waals surface area contributed by atoms with Crippen LogP contribution in [-0.2, 0) is 5.60 Å². The van der Waals surface area contributed by atoms with Crippen molar-refractivity contribution in [3.8, 4) is 0 Å². The van der Waals surface area contributed by atoms with E-state index in [0.29, 0.717) is 16.9 Å². The molecule has 1 aliphatic heterocycles. The summed E-state index contributed by atoms with van der Waals surface area (Å²) in [5.74, 6) is 0. The average Bonchev–Trinajstić information content (AvgIpc) is 3.11. The lowest BCUT2D eigenvalue weighted by atomic mass is 9.88. The van der Waals surface area contributed by atoms with Gasteiger partial charge in [-0.05, 0) is 18.2 Å². The van der Waals surface area contributed by atoms with E-state index in [1.807, 2.05) is 30.3 Å². The molecule has 1 amide bonds. The van der Waals surface area contributed by atoms with Crippen LogP contribution < -0.4 is 4.90 Å². The molecule has 1 atom stereocenters. The molecule has 0 radical (unpaired) electrons. The molecule has 0 fully saturated rings. The Morgan fingerprint density at radius 2 is 1.83 bits per heavy atom. The fourth-order valence-corrected chi connectivity index (χ4v) is 3.84. The zero-order valence-electron chi connectivity index (χ0n) is 11.9. The molecular formula is C18H12N2O3. The monoisotopic (exact) mass is 304 g/mol. The first-order valence-corrected chi connectivity index (χ1v) is 7.30. The lowest BCUT2D eigenvalue weighted by Crippen LogP contribution is -2.32. The van der Waals surface area contributed by atoms with Crippen molar-refractivity contribution >= 4 is 28.8 Å². The molecule has 3 N–H and O–H groups in total. The van der Waals surface area contributed by atoms with E-state index in [4.69, 9.17) is 0 Å². The number of amides is 1. The Balaban J connectivity index is 1.91. The van der Waals surface area contributed by atoms with Gasteiger partial charge in [0, 0.05) is 27.7 Å². The number of benzene rings is 2. The van der Waals surface area contributed by atoms with Gasteiger partial charge in [0.05, 0.1) is 11.4 Å². The first kappa shape index (κ1) is 12.5. The summed E-state index contributed by atoms with van der Waals surface area (Å²) in [6, 6.07) is 14.8. The van der Waals surface area contributed by atoms with Gasteiger partial charge in [-0.25, -0.2) is 9.69 Å². The van der Waals surface area contributed by atoms with Crippen molar-refractivity contribution in [3.63, 3.8) is 0 Å². The van der Waals surface area contributed by atoms with Crippen molar-refractivity contribution in [1.29, 1.82) is 0 Å². The summed E-state index contributed by atoms with van der Waals surface area (Å²) in [5, 5.41) is 22.1. The number of fused-ring (bicyclic) bond motifs is 7. The largest absolute Gasteiger partial charge is 0.464 e. The second-order valence-corrected chi connectivity index (χ2v) is 5.83. The van der Waals surface area contributed by atoms with Crippen LogP contribution in [0, 0.1) is 0 Å². The summed E-state index contributed by atoms with van der Waals surface area (Å²) in [6.07, 6.45) is 0.623. The van der Waals surface area contributed by atoms with Crippen LogP contribution in [0.5, 0.6) is 0 Å². The Hall–Kier alpha value is -3.05. The number of rotatable bonds is 0. The molecule has 0 saturated carbocycles. The van der Waals surface area contributed by atoms with Gasteiger partial charge in [0.1, 0.15) is 0 Å². The normalized spacial score (nSPS) is 21.1.